The topological polar surface area (TPSA) is 107 Å². The molecule has 11 heteroatoms. The monoisotopic (exact) mass is 478 g/mol. The molecule has 168 valence electrons. The molecule has 0 bridgehead atoms. The molecule has 0 saturated heterocycles. The van der Waals surface area contributed by atoms with Crippen molar-refractivity contribution in [3.05, 3.63) is 67.7 Å². The van der Waals surface area contributed by atoms with Gasteiger partial charge in [-0.2, -0.15) is 4.39 Å². The third-order valence-electron chi connectivity index (χ3n) is 4.49. The quantitative estimate of drug-likeness (QED) is 0.224. The van der Waals surface area contributed by atoms with Crippen LogP contribution in [0.25, 0.3) is 10.9 Å². The van der Waals surface area contributed by atoms with E-state index in [2.05, 4.69) is 10.3 Å². The Morgan fingerprint density at radius 1 is 1.28 bits per heavy atom. The average molecular weight is 479 g/mol. The van der Waals surface area contributed by atoms with Gasteiger partial charge >= 0.3 is 5.69 Å². The Labute approximate surface area is 191 Å². The summed E-state index contributed by atoms with van der Waals surface area (Å²) in [5.74, 6) is -1.32. The number of hydrogen-bond acceptors (Lipinski definition) is 6. The molecule has 8 nitrogen and oxygen atoms in total. The van der Waals surface area contributed by atoms with E-state index in [1.54, 1.807) is 25.1 Å². The summed E-state index contributed by atoms with van der Waals surface area (Å²) in [6, 6.07) is 7.94. The van der Waals surface area contributed by atoms with Crippen LogP contribution in [0.2, 0.25) is 5.02 Å². The number of thioether (sulfide) groups is 1. The van der Waals surface area contributed by atoms with Crippen molar-refractivity contribution >= 4 is 51.5 Å². The Balaban J connectivity index is 1.90. The van der Waals surface area contributed by atoms with E-state index in [-0.39, 0.29) is 17.2 Å². The molecule has 1 aromatic heterocycles. The molecule has 1 amide bonds. The van der Waals surface area contributed by atoms with Crippen molar-refractivity contribution in [2.45, 2.75) is 37.7 Å². The van der Waals surface area contributed by atoms with Crippen LogP contribution in [-0.2, 0) is 11.3 Å². The fraction of sp³-hybridized carbons (Fsp3) is 0.286. The minimum absolute atomic E-state index is 0.0911. The van der Waals surface area contributed by atoms with Crippen LogP contribution in [0, 0.1) is 21.8 Å². The molecule has 1 atom stereocenters. The molecular formula is C21H20ClFN4O4S. The van der Waals surface area contributed by atoms with Gasteiger partial charge in [0.1, 0.15) is 0 Å². The van der Waals surface area contributed by atoms with E-state index in [1.807, 2.05) is 13.8 Å². The molecule has 0 aliphatic rings. The zero-order valence-electron chi connectivity index (χ0n) is 17.5. The number of carbonyl (C=O) groups is 1. The van der Waals surface area contributed by atoms with Gasteiger partial charge in [0.2, 0.25) is 11.7 Å². The van der Waals surface area contributed by atoms with Gasteiger partial charge < -0.3 is 5.32 Å². The highest BCUT2D eigenvalue weighted by Crippen LogP contribution is 2.27. The van der Waals surface area contributed by atoms with Crippen LogP contribution in [0.5, 0.6) is 0 Å². The number of nitro benzene ring substituents is 1. The van der Waals surface area contributed by atoms with Gasteiger partial charge in [-0.15, -0.1) is 0 Å². The summed E-state index contributed by atoms with van der Waals surface area (Å²) in [4.78, 5) is 40.3. The summed E-state index contributed by atoms with van der Waals surface area (Å²) in [6.45, 7) is 5.95. The van der Waals surface area contributed by atoms with Crippen LogP contribution in [0.1, 0.15) is 20.8 Å². The lowest BCUT2D eigenvalue weighted by molar-refractivity contribution is -0.387. The molecule has 0 unspecified atom stereocenters. The van der Waals surface area contributed by atoms with E-state index in [4.69, 9.17) is 11.6 Å². The molecule has 0 radical (unpaired) electrons. The predicted molar refractivity (Wildman–Crippen MR) is 123 cm³/mol. The van der Waals surface area contributed by atoms with Gasteiger partial charge in [0, 0.05) is 23.3 Å². The number of carbonyl (C=O) groups excluding carboxylic acids is 1. The van der Waals surface area contributed by atoms with Gasteiger partial charge in [-0.3, -0.25) is 24.3 Å². The standard InChI is InChI=1S/C21H20ClFN4O4S/c1-11(2)10-26-20(29)15-6-4-13(22)8-17(15)25-21(26)32-12(3)19(28)24-14-5-7-16(23)18(9-14)27(30)31/h4-9,11-12H,10H2,1-3H3,(H,24,28)/t12-/m0/s1. The van der Waals surface area contributed by atoms with E-state index in [9.17, 15) is 24.1 Å². The van der Waals surface area contributed by atoms with E-state index in [1.165, 1.54) is 10.6 Å². The van der Waals surface area contributed by atoms with Gasteiger partial charge in [-0.05, 0) is 43.2 Å². The molecule has 0 saturated carbocycles. The highest BCUT2D eigenvalue weighted by atomic mass is 35.5. The molecule has 3 aromatic rings. The number of benzene rings is 2. The molecule has 0 aliphatic carbocycles. The number of aromatic nitrogens is 2. The van der Waals surface area contributed by atoms with E-state index in [0.717, 1.165) is 23.9 Å². The van der Waals surface area contributed by atoms with Crippen molar-refractivity contribution in [3.8, 4) is 0 Å². The number of fused-ring (bicyclic) bond motifs is 1. The van der Waals surface area contributed by atoms with Gasteiger partial charge in [0.05, 0.1) is 21.1 Å². The summed E-state index contributed by atoms with van der Waals surface area (Å²) in [7, 11) is 0. The normalized spacial score (nSPS) is 12.2. The van der Waals surface area contributed by atoms with Gasteiger partial charge in [-0.25, -0.2) is 4.98 Å². The molecule has 32 heavy (non-hydrogen) atoms. The summed E-state index contributed by atoms with van der Waals surface area (Å²) >= 11 is 7.12. The number of amides is 1. The first-order valence-electron chi connectivity index (χ1n) is 9.68. The van der Waals surface area contributed by atoms with Gasteiger partial charge in [-0.1, -0.05) is 37.2 Å². The van der Waals surface area contributed by atoms with Crippen LogP contribution < -0.4 is 10.9 Å². The number of halogens is 2. The van der Waals surface area contributed by atoms with Crippen LogP contribution in [0.4, 0.5) is 15.8 Å². The predicted octanol–water partition coefficient (Wildman–Crippen LogP) is 4.87. The van der Waals surface area contributed by atoms with Gasteiger partial charge in [0.15, 0.2) is 5.16 Å². The zero-order valence-corrected chi connectivity index (χ0v) is 19.0. The first-order chi connectivity index (χ1) is 15.1. The first-order valence-corrected chi connectivity index (χ1v) is 10.9. The highest BCUT2D eigenvalue weighted by Gasteiger charge is 2.22. The Morgan fingerprint density at radius 3 is 2.66 bits per heavy atom. The maximum absolute atomic E-state index is 13.5. The van der Waals surface area contributed by atoms with Crippen LogP contribution >= 0.6 is 23.4 Å². The number of rotatable bonds is 7. The van der Waals surface area contributed by atoms with E-state index in [0.29, 0.717) is 27.6 Å². The highest BCUT2D eigenvalue weighted by molar-refractivity contribution is 8.00. The summed E-state index contributed by atoms with van der Waals surface area (Å²) in [6.07, 6.45) is 0. The lowest BCUT2D eigenvalue weighted by Gasteiger charge is -2.17. The zero-order chi connectivity index (χ0) is 23.6. The molecule has 3 rings (SSSR count). The SMILES string of the molecule is CC(C)Cn1c(S[C@@H](C)C(=O)Nc2ccc(F)c([N+](=O)[O-])c2)nc2cc(Cl)ccc2c1=O. The average Bonchev–Trinajstić information content (AvgIpc) is 2.71. The summed E-state index contributed by atoms with van der Waals surface area (Å²) in [5.41, 5.74) is -0.452. The second kappa shape index (κ2) is 9.66. The number of anilines is 1. The van der Waals surface area contributed by atoms with Gasteiger partial charge in [0.25, 0.3) is 5.56 Å². The fourth-order valence-corrected chi connectivity index (χ4v) is 4.06. The Kier molecular flexibility index (Phi) is 7.15. The minimum atomic E-state index is -0.993. The van der Waals surface area contributed by atoms with Crippen molar-refractivity contribution in [3.63, 3.8) is 0 Å². The Hall–Kier alpha value is -2.98. The second-order valence-electron chi connectivity index (χ2n) is 7.54. The lowest BCUT2D eigenvalue weighted by atomic mass is 10.2. The van der Waals surface area contributed by atoms with E-state index < -0.39 is 27.6 Å². The summed E-state index contributed by atoms with van der Waals surface area (Å²) in [5, 5.41) is 14.0. The molecule has 1 heterocycles. The van der Waals surface area contributed by atoms with Crippen molar-refractivity contribution in [1.29, 1.82) is 0 Å². The number of hydrogen-bond donors (Lipinski definition) is 1. The molecule has 1 N–H and O–H groups in total. The third kappa shape index (κ3) is 5.25. The Bertz CT molecular complexity index is 1260. The smallest absolute Gasteiger partial charge is 0.306 e. The first kappa shape index (κ1) is 23.7. The molecule has 2 aromatic carbocycles. The number of nitro groups is 1. The molecule has 0 spiro atoms. The third-order valence-corrected chi connectivity index (χ3v) is 5.82. The molecule has 0 aliphatic heterocycles. The maximum Gasteiger partial charge on any atom is 0.306 e. The van der Waals surface area contributed by atoms with Crippen molar-refractivity contribution in [1.82, 2.24) is 9.55 Å². The van der Waals surface area contributed by atoms with Crippen LogP contribution in [-0.4, -0.2) is 25.6 Å². The van der Waals surface area contributed by atoms with Crippen molar-refractivity contribution < 1.29 is 14.1 Å². The number of nitrogens with one attached hydrogen (secondary N) is 1. The molecular weight excluding hydrogens is 459 g/mol. The lowest BCUT2D eigenvalue weighted by Crippen LogP contribution is -2.28. The maximum atomic E-state index is 13.5. The van der Waals surface area contributed by atoms with E-state index >= 15 is 0 Å². The minimum Gasteiger partial charge on any atom is -0.325 e. The van der Waals surface area contributed by atoms with Crippen molar-refractivity contribution in [2.24, 2.45) is 5.92 Å². The Morgan fingerprint density at radius 2 is 2.00 bits per heavy atom. The fourth-order valence-electron chi connectivity index (χ4n) is 2.98. The van der Waals surface area contributed by atoms with Crippen molar-refractivity contribution in [2.75, 3.05) is 5.32 Å². The second-order valence-corrected chi connectivity index (χ2v) is 9.28. The molecule has 0 fully saturated rings. The van der Waals surface area contributed by atoms with Crippen LogP contribution in [0.3, 0.4) is 0 Å². The number of nitrogens with zero attached hydrogens (tertiary/aromatic N) is 3. The largest absolute Gasteiger partial charge is 0.325 e. The van der Waals surface area contributed by atoms with Crippen LogP contribution in [0.15, 0.2) is 46.3 Å². The summed E-state index contributed by atoms with van der Waals surface area (Å²) < 4.78 is 15.1.